The second-order valence-corrected chi connectivity index (χ2v) is 4.31. The van der Waals surface area contributed by atoms with Crippen LogP contribution in [0.25, 0.3) is 0 Å². The Kier molecular flexibility index (Phi) is 3.94. The summed E-state index contributed by atoms with van der Waals surface area (Å²) in [5.74, 6) is 0.968. The lowest BCUT2D eigenvalue weighted by Gasteiger charge is -2.02. The van der Waals surface area contributed by atoms with Gasteiger partial charge in [0.2, 0.25) is 5.16 Å². The van der Waals surface area contributed by atoms with Gasteiger partial charge in [-0.05, 0) is 28.1 Å². The van der Waals surface area contributed by atoms with Crippen LogP contribution < -0.4 is 0 Å². The van der Waals surface area contributed by atoms with E-state index >= 15 is 0 Å². The molecule has 0 aliphatic rings. The minimum atomic E-state index is 0.0117. The van der Waals surface area contributed by atoms with Gasteiger partial charge in [-0.2, -0.15) is 0 Å². The van der Waals surface area contributed by atoms with Crippen LogP contribution in [-0.4, -0.2) is 37.0 Å². The van der Waals surface area contributed by atoms with E-state index < -0.39 is 0 Å². The number of aromatic hydroxyl groups is 1. The average molecular weight is 252 g/mol. The predicted molar refractivity (Wildman–Crippen MR) is 62.6 cm³/mol. The van der Waals surface area contributed by atoms with E-state index in [1.165, 1.54) is 11.8 Å². The van der Waals surface area contributed by atoms with Crippen LogP contribution in [0, 0.1) is 0 Å². The van der Waals surface area contributed by atoms with Crippen LogP contribution in [0.5, 0.6) is 5.75 Å². The van der Waals surface area contributed by atoms with E-state index in [4.69, 9.17) is 10.2 Å². The zero-order valence-corrected chi connectivity index (χ0v) is 9.84. The number of benzene rings is 1. The molecule has 90 valence electrons. The van der Waals surface area contributed by atoms with Crippen LogP contribution in [0.15, 0.2) is 29.4 Å². The summed E-state index contributed by atoms with van der Waals surface area (Å²) in [7, 11) is 0. The number of hydrogen-bond acceptors (Lipinski definition) is 6. The van der Waals surface area contributed by atoms with Gasteiger partial charge in [-0.15, -0.1) is 5.10 Å². The fraction of sp³-hybridized carbons (Fsp3) is 0.300. The molecule has 0 aliphatic carbocycles. The maximum absolute atomic E-state index is 9.15. The summed E-state index contributed by atoms with van der Waals surface area (Å²) in [4.78, 5) is 0. The van der Waals surface area contributed by atoms with Crippen molar-refractivity contribution in [1.29, 1.82) is 0 Å². The molecule has 0 saturated heterocycles. The molecule has 1 aromatic carbocycles. The molecule has 0 aliphatic heterocycles. The number of rotatable bonds is 5. The summed E-state index contributed by atoms with van der Waals surface area (Å²) in [6.07, 6.45) is 0. The van der Waals surface area contributed by atoms with Crippen LogP contribution in [0.3, 0.4) is 0 Å². The van der Waals surface area contributed by atoms with Crippen molar-refractivity contribution in [3.63, 3.8) is 0 Å². The van der Waals surface area contributed by atoms with Gasteiger partial charge in [0.1, 0.15) is 5.75 Å². The molecule has 17 heavy (non-hydrogen) atoms. The van der Waals surface area contributed by atoms with E-state index in [0.29, 0.717) is 17.5 Å². The molecule has 2 aromatic rings. The van der Waals surface area contributed by atoms with Crippen molar-refractivity contribution in [2.24, 2.45) is 0 Å². The van der Waals surface area contributed by atoms with E-state index in [1.54, 1.807) is 16.8 Å². The maximum atomic E-state index is 9.15. The van der Waals surface area contributed by atoms with Crippen LogP contribution in [0.4, 0.5) is 0 Å². The van der Waals surface area contributed by atoms with E-state index in [0.717, 1.165) is 5.56 Å². The minimum Gasteiger partial charge on any atom is -0.508 e. The van der Waals surface area contributed by atoms with E-state index in [9.17, 15) is 0 Å². The molecular weight excluding hydrogens is 240 g/mol. The minimum absolute atomic E-state index is 0.0117. The Bertz CT molecular complexity index is 471. The van der Waals surface area contributed by atoms with Crippen LogP contribution >= 0.6 is 11.8 Å². The maximum Gasteiger partial charge on any atom is 0.209 e. The second kappa shape index (κ2) is 5.65. The molecule has 0 saturated carbocycles. The van der Waals surface area contributed by atoms with E-state index in [1.807, 2.05) is 12.1 Å². The van der Waals surface area contributed by atoms with Crippen molar-refractivity contribution < 1.29 is 10.2 Å². The molecule has 0 fully saturated rings. The fourth-order valence-electron chi connectivity index (χ4n) is 1.27. The van der Waals surface area contributed by atoms with Gasteiger partial charge in [-0.1, -0.05) is 23.9 Å². The van der Waals surface area contributed by atoms with Crippen molar-refractivity contribution in [3.05, 3.63) is 29.8 Å². The second-order valence-electron chi connectivity index (χ2n) is 3.36. The van der Waals surface area contributed by atoms with E-state index in [-0.39, 0.29) is 12.4 Å². The Labute approximate surface area is 102 Å². The molecule has 0 bridgehead atoms. The van der Waals surface area contributed by atoms with Crippen molar-refractivity contribution in [1.82, 2.24) is 20.2 Å². The first-order valence-electron chi connectivity index (χ1n) is 5.07. The molecule has 0 amide bonds. The molecule has 2 rings (SSSR count). The van der Waals surface area contributed by atoms with Crippen molar-refractivity contribution in [2.75, 3.05) is 6.61 Å². The molecule has 6 nitrogen and oxygen atoms in total. The molecule has 2 N–H and O–H groups in total. The summed E-state index contributed by atoms with van der Waals surface area (Å²) in [6, 6.07) is 6.99. The number of thioether (sulfide) groups is 1. The van der Waals surface area contributed by atoms with Gasteiger partial charge < -0.3 is 10.2 Å². The highest BCUT2D eigenvalue weighted by Gasteiger charge is 2.06. The molecule has 1 aromatic heterocycles. The normalized spacial score (nSPS) is 10.6. The monoisotopic (exact) mass is 252 g/mol. The van der Waals surface area contributed by atoms with Gasteiger partial charge in [0.15, 0.2) is 0 Å². The highest BCUT2D eigenvalue weighted by Crippen LogP contribution is 2.21. The van der Waals surface area contributed by atoms with Crippen LogP contribution in [-0.2, 0) is 12.3 Å². The van der Waals surface area contributed by atoms with Gasteiger partial charge in [-0.3, -0.25) is 0 Å². The predicted octanol–water partition coefficient (Wildman–Crippen LogP) is 0.663. The number of tetrazole rings is 1. The molecular formula is C10H12N4O2S. The first-order valence-corrected chi connectivity index (χ1v) is 6.06. The highest BCUT2D eigenvalue weighted by molar-refractivity contribution is 7.98. The molecule has 0 unspecified atom stereocenters. The number of aliphatic hydroxyl groups is 1. The standard InChI is InChI=1S/C10H12N4O2S/c15-6-5-14-10(11-12-13-14)17-7-8-1-3-9(16)4-2-8/h1-4,15-16H,5-7H2. The fourth-order valence-corrected chi connectivity index (χ4v) is 2.13. The SMILES string of the molecule is OCCn1nnnc1SCc1ccc(O)cc1. The average Bonchev–Trinajstić information content (AvgIpc) is 2.77. The quantitative estimate of drug-likeness (QED) is 0.761. The lowest BCUT2D eigenvalue weighted by Crippen LogP contribution is -2.05. The topological polar surface area (TPSA) is 84.1 Å². The first-order chi connectivity index (χ1) is 8.29. The lowest BCUT2D eigenvalue weighted by atomic mass is 10.2. The van der Waals surface area contributed by atoms with Gasteiger partial charge in [-0.25, -0.2) is 4.68 Å². The summed E-state index contributed by atoms with van der Waals surface area (Å²) < 4.78 is 1.56. The van der Waals surface area contributed by atoms with Crippen molar-refractivity contribution in [3.8, 4) is 5.75 Å². The Morgan fingerprint density at radius 3 is 2.71 bits per heavy atom. The summed E-state index contributed by atoms with van der Waals surface area (Å²) in [6.45, 7) is 0.405. The van der Waals surface area contributed by atoms with Gasteiger partial charge >= 0.3 is 0 Å². The Balaban J connectivity index is 1.97. The zero-order valence-electron chi connectivity index (χ0n) is 9.02. The Morgan fingerprint density at radius 1 is 1.24 bits per heavy atom. The highest BCUT2D eigenvalue weighted by atomic mass is 32.2. The molecule has 0 atom stereocenters. The summed E-state index contributed by atoms with van der Waals surface area (Å²) in [5.41, 5.74) is 1.08. The number of hydrogen-bond donors (Lipinski definition) is 2. The number of phenols is 1. The molecule has 1 heterocycles. The molecule has 0 spiro atoms. The van der Waals surface area contributed by atoms with Crippen LogP contribution in [0.2, 0.25) is 0 Å². The van der Waals surface area contributed by atoms with Gasteiger partial charge in [0.05, 0.1) is 13.2 Å². The molecule has 7 heteroatoms. The zero-order chi connectivity index (χ0) is 12.1. The van der Waals surface area contributed by atoms with Crippen molar-refractivity contribution in [2.45, 2.75) is 17.5 Å². The number of aromatic nitrogens is 4. The summed E-state index contributed by atoms with van der Waals surface area (Å²) >= 11 is 1.49. The van der Waals surface area contributed by atoms with Crippen LogP contribution in [0.1, 0.15) is 5.56 Å². The third-order valence-electron chi connectivity index (χ3n) is 2.12. The third-order valence-corrected chi connectivity index (χ3v) is 3.14. The number of aliphatic hydroxyl groups excluding tert-OH is 1. The Morgan fingerprint density at radius 2 is 2.00 bits per heavy atom. The Hall–Kier alpha value is -1.60. The van der Waals surface area contributed by atoms with Gasteiger partial charge in [0.25, 0.3) is 0 Å². The third kappa shape index (κ3) is 3.18. The smallest absolute Gasteiger partial charge is 0.209 e. The van der Waals surface area contributed by atoms with Crippen molar-refractivity contribution >= 4 is 11.8 Å². The van der Waals surface area contributed by atoms with Gasteiger partial charge in [0, 0.05) is 5.75 Å². The number of nitrogens with zero attached hydrogens (tertiary/aromatic N) is 4. The lowest BCUT2D eigenvalue weighted by molar-refractivity contribution is 0.262. The largest absolute Gasteiger partial charge is 0.508 e. The number of phenolic OH excluding ortho intramolecular Hbond substituents is 1. The van der Waals surface area contributed by atoms with E-state index in [2.05, 4.69) is 15.5 Å². The first kappa shape index (κ1) is 11.9. The molecule has 0 radical (unpaired) electrons. The summed E-state index contributed by atoms with van der Waals surface area (Å²) in [5, 5.41) is 29.8.